The molecule has 2 aromatic rings. The third kappa shape index (κ3) is 2.72. The zero-order valence-electron chi connectivity index (χ0n) is 10.5. The average Bonchev–Trinajstić information content (AvgIpc) is 2.66. The molecule has 4 nitrogen and oxygen atoms in total. The number of fused-ring (bicyclic) bond motifs is 1. The number of halogens is 1. The van der Waals surface area contributed by atoms with Crippen LogP contribution in [0.2, 0.25) is 0 Å². The first-order chi connectivity index (χ1) is 8.63. The lowest BCUT2D eigenvalue weighted by molar-refractivity contribution is 0.673. The van der Waals surface area contributed by atoms with Gasteiger partial charge in [0.15, 0.2) is 5.65 Å². The van der Waals surface area contributed by atoms with Crippen molar-refractivity contribution in [3.63, 3.8) is 0 Å². The maximum Gasteiger partial charge on any atom is 0.160 e. The Morgan fingerprint density at radius 1 is 1.50 bits per heavy atom. The van der Waals surface area contributed by atoms with E-state index < -0.39 is 10.8 Å². The van der Waals surface area contributed by atoms with E-state index in [-0.39, 0.29) is 0 Å². The van der Waals surface area contributed by atoms with Gasteiger partial charge in [0.2, 0.25) is 0 Å². The van der Waals surface area contributed by atoms with E-state index in [1.165, 1.54) is 0 Å². The van der Waals surface area contributed by atoms with Crippen molar-refractivity contribution >= 4 is 33.6 Å². The summed E-state index contributed by atoms with van der Waals surface area (Å²) in [6.07, 6.45) is 4.19. The molecule has 1 unspecified atom stereocenters. The fourth-order valence-corrected chi connectivity index (χ4v) is 2.52. The first-order valence-electron chi connectivity index (χ1n) is 5.80. The van der Waals surface area contributed by atoms with Crippen LogP contribution in [0.4, 0.5) is 0 Å². The van der Waals surface area contributed by atoms with Crippen LogP contribution in [0.25, 0.3) is 11.2 Å². The summed E-state index contributed by atoms with van der Waals surface area (Å²) in [6.45, 7) is 2.69. The Balaban J connectivity index is 2.48. The first kappa shape index (κ1) is 13.5. The van der Waals surface area contributed by atoms with Crippen molar-refractivity contribution in [2.24, 2.45) is 0 Å². The van der Waals surface area contributed by atoms with Crippen LogP contribution in [0.15, 0.2) is 12.3 Å². The SMILES string of the molecule is Cc1ccnc2c1nc(CCCl)n2CCS(C)=O. The van der Waals surface area contributed by atoms with Gasteiger partial charge in [0.1, 0.15) is 11.3 Å². The number of aryl methyl sites for hydroxylation is 3. The summed E-state index contributed by atoms with van der Waals surface area (Å²) in [4.78, 5) is 8.98. The lowest BCUT2D eigenvalue weighted by Crippen LogP contribution is -2.11. The quantitative estimate of drug-likeness (QED) is 0.789. The van der Waals surface area contributed by atoms with Gasteiger partial charge < -0.3 is 4.57 Å². The molecule has 0 bridgehead atoms. The highest BCUT2D eigenvalue weighted by molar-refractivity contribution is 7.84. The molecule has 18 heavy (non-hydrogen) atoms. The monoisotopic (exact) mass is 285 g/mol. The van der Waals surface area contributed by atoms with Crippen LogP contribution in [0.5, 0.6) is 0 Å². The van der Waals surface area contributed by atoms with Gasteiger partial charge >= 0.3 is 0 Å². The molecule has 2 heterocycles. The minimum Gasteiger partial charge on any atom is -0.312 e. The summed E-state index contributed by atoms with van der Waals surface area (Å²) in [5.41, 5.74) is 2.88. The van der Waals surface area contributed by atoms with E-state index in [0.29, 0.717) is 24.6 Å². The number of hydrogen-bond donors (Lipinski definition) is 0. The zero-order valence-corrected chi connectivity index (χ0v) is 12.1. The number of imidazole rings is 1. The molecule has 0 fully saturated rings. The van der Waals surface area contributed by atoms with Crippen molar-refractivity contribution in [2.75, 3.05) is 17.9 Å². The highest BCUT2D eigenvalue weighted by Gasteiger charge is 2.13. The summed E-state index contributed by atoms with van der Waals surface area (Å²) in [5.74, 6) is 2.06. The fourth-order valence-electron chi connectivity index (χ4n) is 1.91. The van der Waals surface area contributed by atoms with Crippen molar-refractivity contribution in [3.05, 3.63) is 23.7 Å². The lowest BCUT2D eigenvalue weighted by Gasteiger charge is -2.06. The molecule has 0 N–H and O–H groups in total. The number of rotatable bonds is 5. The van der Waals surface area contributed by atoms with Gasteiger partial charge in [0, 0.05) is 47.9 Å². The number of aromatic nitrogens is 3. The van der Waals surface area contributed by atoms with Gasteiger partial charge in [-0.25, -0.2) is 9.97 Å². The molecule has 0 aliphatic carbocycles. The Morgan fingerprint density at radius 3 is 2.94 bits per heavy atom. The van der Waals surface area contributed by atoms with Gasteiger partial charge in [-0.05, 0) is 18.6 Å². The molecule has 2 aromatic heterocycles. The van der Waals surface area contributed by atoms with Gasteiger partial charge in [0.25, 0.3) is 0 Å². The van der Waals surface area contributed by atoms with Gasteiger partial charge in [-0.3, -0.25) is 4.21 Å². The third-order valence-electron chi connectivity index (χ3n) is 2.84. The van der Waals surface area contributed by atoms with Gasteiger partial charge in [0.05, 0.1) is 0 Å². The molecule has 0 spiro atoms. The van der Waals surface area contributed by atoms with E-state index in [2.05, 4.69) is 9.97 Å². The van der Waals surface area contributed by atoms with Crippen LogP contribution >= 0.6 is 11.6 Å². The highest BCUT2D eigenvalue weighted by atomic mass is 35.5. The fraction of sp³-hybridized carbons (Fsp3) is 0.500. The standard InChI is InChI=1S/C12H16ClN3OS/c1-9-4-6-14-12-11(9)15-10(3-5-13)16(12)7-8-18(2)17/h4,6H,3,5,7-8H2,1-2H3. The van der Waals surface area contributed by atoms with Crippen LogP contribution < -0.4 is 0 Å². The molecule has 98 valence electrons. The number of alkyl halides is 1. The molecule has 1 atom stereocenters. The number of pyridine rings is 1. The normalized spacial score (nSPS) is 13.1. The zero-order chi connectivity index (χ0) is 13.1. The molecular formula is C12H16ClN3OS. The van der Waals surface area contributed by atoms with Gasteiger partial charge in [-0.15, -0.1) is 11.6 Å². The first-order valence-corrected chi connectivity index (χ1v) is 8.06. The minimum absolute atomic E-state index is 0.525. The van der Waals surface area contributed by atoms with Gasteiger partial charge in [-0.1, -0.05) is 0 Å². The molecule has 0 aliphatic rings. The lowest BCUT2D eigenvalue weighted by atomic mass is 10.3. The van der Waals surface area contributed by atoms with E-state index in [9.17, 15) is 4.21 Å². The Labute approximate surface area is 114 Å². The molecular weight excluding hydrogens is 270 g/mol. The van der Waals surface area contributed by atoms with E-state index in [0.717, 1.165) is 22.6 Å². The topological polar surface area (TPSA) is 47.8 Å². The highest BCUT2D eigenvalue weighted by Crippen LogP contribution is 2.18. The smallest absolute Gasteiger partial charge is 0.160 e. The van der Waals surface area contributed by atoms with Gasteiger partial charge in [-0.2, -0.15) is 0 Å². The van der Waals surface area contributed by atoms with Crippen molar-refractivity contribution in [1.82, 2.24) is 14.5 Å². The minimum atomic E-state index is -0.820. The second-order valence-electron chi connectivity index (χ2n) is 4.20. The summed E-state index contributed by atoms with van der Waals surface area (Å²) < 4.78 is 13.3. The molecule has 0 saturated heterocycles. The molecule has 2 rings (SSSR count). The number of nitrogens with zero attached hydrogens (tertiary/aromatic N) is 3. The largest absolute Gasteiger partial charge is 0.312 e. The Hall–Kier alpha value is -0.940. The van der Waals surface area contributed by atoms with Crippen LogP contribution in [0.1, 0.15) is 11.4 Å². The Morgan fingerprint density at radius 2 is 2.28 bits per heavy atom. The average molecular weight is 286 g/mol. The Kier molecular flexibility index (Phi) is 4.35. The van der Waals surface area contributed by atoms with Crippen molar-refractivity contribution in [1.29, 1.82) is 0 Å². The van der Waals surface area contributed by atoms with Crippen LogP contribution in [-0.2, 0) is 23.8 Å². The van der Waals surface area contributed by atoms with E-state index in [1.54, 1.807) is 12.5 Å². The predicted molar refractivity (Wildman–Crippen MR) is 75.6 cm³/mol. The number of hydrogen-bond acceptors (Lipinski definition) is 3. The molecule has 0 radical (unpaired) electrons. The molecule has 0 saturated carbocycles. The summed E-state index contributed by atoms with van der Waals surface area (Å²) in [7, 11) is -0.820. The summed E-state index contributed by atoms with van der Waals surface area (Å²) >= 11 is 5.80. The Bertz CT molecular complexity index is 582. The van der Waals surface area contributed by atoms with E-state index >= 15 is 0 Å². The van der Waals surface area contributed by atoms with Crippen molar-refractivity contribution in [2.45, 2.75) is 19.9 Å². The summed E-state index contributed by atoms with van der Waals surface area (Å²) in [5, 5.41) is 0. The second kappa shape index (κ2) is 5.80. The third-order valence-corrected chi connectivity index (χ3v) is 3.78. The van der Waals surface area contributed by atoms with Crippen LogP contribution in [0, 0.1) is 6.92 Å². The van der Waals surface area contributed by atoms with Crippen molar-refractivity contribution < 1.29 is 4.21 Å². The molecule has 0 aliphatic heterocycles. The molecule has 0 aromatic carbocycles. The van der Waals surface area contributed by atoms with Crippen molar-refractivity contribution in [3.8, 4) is 0 Å². The molecule has 0 amide bonds. The van der Waals surface area contributed by atoms with Crippen LogP contribution in [0.3, 0.4) is 0 Å². The van der Waals surface area contributed by atoms with E-state index in [4.69, 9.17) is 11.6 Å². The predicted octanol–water partition coefficient (Wildman–Crippen LogP) is 1.90. The van der Waals surface area contributed by atoms with Crippen LogP contribution in [-0.4, -0.2) is 36.6 Å². The maximum atomic E-state index is 11.2. The summed E-state index contributed by atoms with van der Waals surface area (Å²) in [6, 6.07) is 1.95. The molecule has 6 heteroatoms. The second-order valence-corrected chi connectivity index (χ2v) is 6.13. The maximum absolute atomic E-state index is 11.2. The van der Waals surface area contributed by atoms with E-state index in [1.807, 2.05) is 17.6 Å².